The van der Waals surface area contributed by atoms with Crippen molar-refractivity contribution < 1.29 is 14.7 Å². The van der Waals surface area contributed by atoms with Crippen molar-refractivity contribution in [2.24, 2.45) is 0 Å². The van der Waals surface area contributed by atoms with E-state index < -0.39 is 5.97 Å². The number of thioether (sulfide) groups is 1. The number of carboxylic acids is 1. The van der Waals surface area contributed by atoms with Crippen molar-refractivity contribution in [3.8, 4) is 0 Å². The molecule has 0 aliphatic heterocycles. The maximum Gasteiger partial charge on any atom is 0.340 e. The lowest BCUT2D eigenvalue weighted by Gasteiger charge is -2.12. The van der Waals surface area contributed by atoms with E-state index in [9.17, 15) is 14.7 Å². The zero-order valence-corrected chi connectivity index (χ0v) is 13.7. The van der Waals surface area contributed by atoms with Gasteiger partial charge >= 0.3 is 5.97 Å². The number of nitrogens with one attached hydrogen (secondary N) is 1. The van der Waals surface area contributed by atoms with Crippen molar-refractivity contribution >= 4 is 23.6 Å². The minimum Gasteiger partial charge on any atom is -0.478 e. The second-order valence-electron chi connectivity index (χ2n) is 5.32. The first-order valence-electron chi connectivity index (χ1n) is 6.76. The van der Waals surface area contributed by atoms with Gasteiger partial charge in [-0.15, -0.1) is 0 Å². The largest absolute Gasteiger partial charge is 0.478 e. The van der Waals surface area contributed by atoms with Crippen LogP contribution in [0.4, 0.5) is 0 Å². The Balaban J connectivity index is 3.02. The number of hydrogen-bond acceptors (Lipinski definition) is 5. The Morgan fingerprint density at radius 2 is 1.86 bits per heavy atom. The molecule has 1 amide bonds. The summed E-state index contributed by atoms with van der Waals surface area (Å²) >= 11 is 1.13. The van der Waals surface area contributed by atoms with Crippen molar-refractivity contribution in [1.29, 1.82) is 0 Å². The van der Waals surface area contributed by atoms with E-state index in [1.807, 2.05) is 27.7 Å². The number of aryl methyl sites for hydroxylation is 1. The summed E-state index contributed by atoms with van der Waals surface area (Å²) in [6.07, 6.45) is 0. The van der Waals surface area contributed by atoms with Crippen molar-refractivity contribution in [2.75, 3.05) is 5.75 Å². The molecule has 0 aliphatic carbocycles. The van der Waals surface area contributed by atoms with Crippen LogP contribution in [0.3, 0.4) is 0 Å². The highest BCUT2D eigenvalue weighted by Gasteiger charge is 2.20. The molecule has 1 rings (SSSR count). The Bertz CT molecular complexity index is 545. The van der Waals surface area contributed by atoms with Gasteiger partial charge in [-0.1, -0.05) is 25.6 Å². The molecule has 7 heteroatoms. The smallest absolute Gasteiger partial charge is 0.340 e. The first kappa shape index (κ1) is 17.4. The second-order valence-corrected chi connectivity index (χ2v) is 6.28. The molecule has 0 saturated carbocycles. The third-order valence-corrected chi connectivity index (χ3v) is 3.57. The summed E-state index contributed by atoms with van der Waals surface area (Å²) in [5.74, 6) is -0.408. The lowest BCUT2D eigenvalue weighted by atomic mass is 10.2. The van der Waals surface area contributed by atoms with Gasteiger partial charge in [0.05, 0.1) is 11.4 Å². The number of nitrogens with zero attached hydrogens (tertiary/aromatic N) is 2. The maximum atomic E-state index is 11.7. The zero-order chi connectivity index (χ0) is 16.2. The molecule has 0 fully saturated rings. The molecule has 0 bridgehead atoms. The molecule has 0 aliphatic rings. The highest BCUT2D eigenvalue weighted by atomic mass is 32.2. The molecule has 116 valence electrons. The Hall–Kier alpha value is -1.63. The number of rotatable bonds is 6. The number of hydrogen-bond donors (Lipinski definition) is 2. The Morgan fingerprint density at radius 1 is 1.24 bits per heavy atom. The van der Waals surface area contributed by atoms with Gasteiger partial charge in [-0.3, -0.25) is 4.79 Å². The van der Waals surface area contributed by atoms with Crippen molar-refractivity contribution in [1.82, 2.24) is 15.3 Å². The molecule has 0 unspecified atom stereocenters. The van der Waals surface area contributed by atoms with Crippen molar-refractivity contribution in [2.45, 2.75) is 51.6 Å². The van der Waals surface area contributed by atoms with Gasteiger partial charge in [0.2, 0.25) is 5.91 Å². The Morgan fingerprint density at radius 3 is 2.33 bits per heavy atom. The number of carbonyl (C=O) groups is 2. The molecule has 0 atom stereocenters. The van der Waals surface area contributed by atoms with Gasteiger partial charge < -0.3 is 10.4 Å². The van der Waals surface area contributed by atoms with Gasteiger partial charge in [0.25, 0.3) is 0 Å². The molecule has 1 heterocycles. The van der Waals surface area contributed by atoms with E-state index in [0.717, 1.165) is 11.8 Å². The van der Waals surface area contributed by atoms with Crippen LogP contribution in [0.2, 0.25) is 0 Å². The molecule has 1 aromatic rings. The lowest BCUT2D eigenvalue weighted by molar-refractivity contribution is -0.119. The van der Waals surface area contributed by atoms with Gasteiger partial charge in [-0.2, -0.15) is 0 Å². The second kappa shape index (κ2) is 7.40. The molecule has 6 nitrogen and oxygen atoms in total. The monoisotopic (exact) mass is 311 g/mol. The van der Waals surface area contributed by atoms with Gasteiger partial charge in [0, 0.05) is 12.0 Å². The van der Waals surface area contributed by atoms with Crippen LogP contribution in [0.5, 0.6) is 0 Å². The molecule has 0 radical (unpaired) electrons. The molecule has 0 spiro atoms. The number of aromatic nitrogens is 2. The van der Waals surface area contributed by atoms with Crippen molar-refractivity contribution in [3.05, 3.63) is 17.1 Å². The molecule has 0 aromatic carbocycles. The zero-order valence-electron chi connectivity index (χ0n) is 12.9. The average Bonchev–Trinajstić information content (AvgIpc) is 2.34. The lowest BCUT2D eigenvalue weighted by Crippen LogP contribution is -2.31. The third-order valence-electron chi connectivity index (χ3n) is 2.59. The van der Waals surface area contributed by atoms with Gasteiger partial charge in [0.15, 0.2) is 0 Å². The van der Waals surface area contributed by atoms with Crippen LogP contribution in [0.25, 0.3) is 0 Å². The summed E-state index contributed by atoms with van der Waals surface area (Å²) in [7, 11) is 0. The summed E-state index contributed by atoms with van der Waals surface area (Å²) < 4.78 is 0. The summed E-state index contributed by atoms with van der Waals surface area (Å²) in [6.45, 7) is 9.27. The third kappa shape index (κ3) is 5.00. The van der Waals surface area contributed by atoms with E-state index in [1.54, 1.807) is 6.92 Å². The van der Waals surface area contributed by atoms with E-state index in [4.69, 9.17) is 0 Å². The van der Waals surface area contributed by atoms with Crippen molar-refractivity contribution in [3.63, 3.8) is 0 Å². The minimum atomic E-state index is -1.07. The Labute approximate surface area is 128 Å². The summed E-state index contributed by atoms with van der Waals surface area (Å²) in [4.78, 5) is 31.6. The Kier molecular flexibility index (Phi) is 6.14. The normalized spacial score (nSPS) is 11.0. The van der Waals surface area contributed by atoms with E-state index in [0.29, 0.717) is 16.5 Å². The number of aromatic carboxylic acids is 1. The standard InChI is InChI=1S/C14H21N3O3S/c1-7(2)12-16-9(5)11(14(19)20)13(17-12)21-6-10(18)15-8(3)4/h7-8H,6H2,1-5H3,(H,15,18)(H,19,20). The van der Waals surface area contributed by atoms with Crippen LogP contribution in [-0.4, -0.2) is 38.7 Å². The van der Waals surface area contributed by atoms with Crippen LogP contribution in [0, 0.1) is 6.92 Å². The van der Waals surface area contributed by atoms with Crippen LogP contribution in [-0.2, 0) is 4.79 Å². The van der Waals surface area contributed by atoms with E-state index in [1.165, 1.54) is 0 Å². The van der Waals surface area contributed by atoms with E-state index in [2.05, 4.69) is 15.3 Å². The molecular formula is C14H21N3O3S. The highest BCUT2D eigenvalue weighted by molar-refractivity contribution is 8.00. The first-order valence-corrected chi connectivity index (χ1v) is 7.74. The molecular weight excluding hydrogens is 290 g/mol. The van der Waals surface area contributed by atoms with Crippen LogP contribution >= 0.6 is 11.8 Å². The molecule has 21 heavy (non-hydrogen) atoms. The summed E-state index contributed by atoms with van der Waals surface area (Å²) in [6, 6.07) is 0.0513. The van der Waals surface area contributed by atoms with Crippen LogP contribution in [0.1, 0.15) is 55.5 Å². The predicted molar refractivity (Wildman–Crippen MR) is 81.8 cm³/mol. The van der Waals surface area contributed by atoms with Gasteiger partial charge in [-0.05, 0) is 20.8 Å². The minimum absolute atomic E-state index is 0.0513. The van der Waals surface area contributed by atoms with Gasteiger partial charge in [0.1, 0.15) is 16.4 Å². The summed E-state index contributed by atoms with van der Waals surface area (Å²) in [5, 5.41) is 12.4. The van der Waals surface area contributed by atoms with Gasteiger partial charge in [-0.25, -0.2) is 14.8 Å². The SMILES string of the molecule is Cc1nc(C(C)C)nc(SCC(=O)NC(C)C)c1C(=O)O. The fourth-order valence-corrected chi connectivity index (χ4v) is 2.56. The maximum absolute atomic E-state index is 11.7. The quantitative estimate of drug-likeness (QED) is 0.618. The van der Waals surface area contributed by atoms with E-state index in [-0.39, 0.29) is 29.2 Å². The number of carbonyl (C=O) groups excluding carboxylic acids is 1. The highest BCUT2D eigenvalue weighted by Crippen LogP contribution is 2.24. The van der Waals surface area contributed by atoms with E-state index >= 15 is 0 Å². The fraction of sp³-hybridized carbons (Fsp3) is 0.571. The average molecular weight is 311 g/mol. The fourth-order valence-electron chi connectivity index (χ4n) is 1.67. The number of carboxylic acid groups (broad SMARTS) is 1. The van der Waals surface area contributed by atoms with Crippen LogP contribution < -0.4 is 5.32 Å². The summed E-state index contributed by atoms with van der Waals surface area (Å²) in [5.41, 5.74) is 0.495. The topological polar surface area (TPSA) is 92.2 Å². The van der Waals surface area contributed by atoms with Crippen LogP contribution in [0.15, 0.2) is 5.03 Å². The molecule has 0 saturated heterocycles. The number of amides is 1. The molecule has 2 N–H and O–H groups in total. The first-order chi connectivity index (χ1) is 9.72. The molecule has 1 aromatic heterocycles. The predicted octanol–water partition coefficient (Wildman–Crippen LogP) is 2.22.